The highest BCUT2D eigenvalue weighted by Crippen LogP contribution is 2.23. The second-order valence-electron chi connectivity index (χ2n) is 4.02. The van der Waals surface area contributed by atoms with E-state index in [4.69, 9.17) is 0 Å². The van der Waals surface area contributed by atoms with Crippen LogP contribution in [0, 0.1) is 10.1 Å². The zero-order valence-corrected chi connectivity index (χ0v) is 11.4. The number of nitrogens with zero attached hydrogens (tertiary/aromatic N) is 3. The lowest BCUT2D eigenvalue weighted by atomic mass is 10.1. The number of amides is 1. The number of hydrogen-bond acceptors (Lipinski definition) is 7. The number of benzene rings is 1. The van der Waals surface area contributed by atoms with Crippen LogP contribution in [0.5, 0.6) is 0 Å². The van der Waals surface area contributed by atoms with Crippen molar-refractivity contribution in [2.24, 2.45) is 0 Å². The summed E-state index contributed by atoms with van der Waals surface area (Å²) < 4.78 is 22.8. The molecule has 2 rings (SSSR count). The molecule has 1 aromatic carbocycles. The molecule has 0 aliphatic carbocycles. The molecule has 2 aromatic rings. The van der Waals surface area contributed by atoms with Crippen molar-refractivity contribution in [1.29, 1.82) is 0 Å². The summed E-state index contributed by atoms with van der Waals surface area (Å²) in [4.78, 5) is 21.9. The first kappa shape index (κ1) is 14.6. The molecule has 0 aliphatic heterocycles. The predicted molar refractivity (Wildman–Crippen MR) is 70.5 cm³/mol. The van der Waals surface area contributed by atoms with Gasteiger partial charge in [-0.25, -0.2) is 8.42 Å². The molecule has 0 radical (unpaired) electrons. The van der Waals surface area contributed by atoms with Gasteiger partial charge < -0.3 is 5.32 Å². The second-order valence-corrected chi connectivity index (χ2v) is 6.03. The summed E-state index contributed by atoms with van der Waals surface area (Å²) in [6.07, 6.45) is 2.13. The van der Waals surface area contributed by atoms with Crippen molar-refractivity contribution in [2.75, 3.05) is 11.6 Å². The van der Waals surface area contributed by atoms with E-state index in [9.17, 15) is 23.3 Å². The molecule has 0 spiro atoms. The fraction of sp³-hybridized carbons (Fsp3) is 0.100. The van der Waals surface area contributed by atoms with Crippen LogP contribution in [0.25, 0.3) is 0 Å². The van der Waals surface area contributed by atoms with Crippen molar-refractivity contribution in [1.82, 2.24) is 15.4 Å². The van der Waals surface area contributed by atoms with E-state index in [1.807, 2.05) is 0 Å². The summed E-state index contributed by atoms with van der Waals surface area (Å²) in [5, 5.41) is 22.6. The van der Waals surface area contributed by atoms with Crippen molar-refractivity contribution < 1.29 is 18.1 Å². The lowest BCUT2D eigenvalue weighted by molar-refractivity contribution is -0.385. The minimum atomic E-state index is -3.61. The fourth-order valence-electron chi connectivity index (χ4n) is 1.53. The number of nitro benzene ring substituents is 1. The summed E-state index contributed by atoms with van der Waals surface area (Å²) >= 11 is 0. The summed E-state index contributed by atoms with van der Waals surface area (Å²) in [5.74, 6) is -0.711. The molecule has 10 nitrogen and oxygen atoms in total. The molecule has 110 valence electrons. The maximum atomic E-state index is 12.0. The van der Waals surface area contributed by atoms with Crippen molar-refractivity contribution in [3.05, 3.63) is 40.1 Å². The number of anilines is 1. The summed E-state index contributed by atoms with van der Waals surface area (Å²) in [5.41, 5.74) is -0.894. The maximum absolute atomic E-state index is 12.0. The molecule has 21 heavy (non-hydrogen) atoms. The Morgan fingerprint density at radius 3 is 2.67 bits per heavy atom. The Labute approximate surface area is 118 Å². The quantitative estimate of drug-likeness (QED) is 0.612. The van der Waals surface area contributed by atoms with Gasteiger partial charge in [0.05, 0.1) is 16.0 Å². The van der Waals surface area contributed by atoms with E-state index in [-0.39, 0.29) is 16.3 Å². The van der Waals surface area contributed by atoms with Crippen LogP contribution in [0.1, 0.15) is 10.4 Å². The Morgan fingerprint density at radius 2 is 2.14 bits per heavy atom. The average molecular weight is 311 g/mol. The van der Waals surface area contributed by atoms with Crippen molar-refractivity contribution in [3.63, 3.8) is 0 Å². The Balaban J connectivity index is 2.44. The van der Waals surface area contributed by atoms with Crippen molar-refractivity contribution >= 4 is 27.2 Å². The number of aromatic nitrogens is 3. The van der Waals surface area contributed by atoms with Crippen LogP contribution < -0.4 is 5.32 Å². The summed E-state index contributed by atoms with van der Waals surface area (Å²) in [7, 11) is -3.61. The second kappa shape index (κ2) is 5.28. The topological polar surface area (TPSA) is 148 Å². The predicted octanol–water partition coefficient (Wildman–Crippen LogP) is 0.369. The van der Waals surface area contributed by atoms with Crippen LogP contribution in [-0.4, -0.2) is 40.9 Å². The zero-order chi connectivity index (χ0) is 15.6. The molecule has 2 N–H and O–H groups in total. The van der Waals surface area contributed by atoms with Gasteiger partial charge in [0, 0.05) is 12.3 Å². The fourth-order valence-corrected chi connectivity index (χ4v) is 2.17. The van der Waals surface area contributed by atoms with Gasteiger partial charge in [0.15, 0.2) is 15.7 Å². The number of aromatic amines is 1. The Morgan fingerprint density at radius 1 is 1.43 bits per heavy atom. The highest BCUT2D eigenvalue weighted by Gasteiger charge is 2.23. The van der Waals surface area contributed by atoms with E-state index in [1.165, 1.54) is 6.20 Å². The molecular formula is C10H9N5O5S. The highest BCUT2D eigenvalue weighted by atomic mass is 32.2. The lowest BCUT2D eigenvalue weighted by Gasteiger charge is -2.04. The maximum Gasteiger partial charge on any atom is 0.283 e. The number of nitrogens with one attached hydrogen (secondary N) is 2. The standard InChI is InChI=1S/C10H9N5O5S/c1-21(19,20)6-2-3-7(8(4-6)15(17)18)10(16)12-9-5-11-14-13-9/h2-5H,1H3,(H2,11,12,13,14,16). The van der Waals surface area contributed by atoms with Crippen LogP contribution in [0.3, 0.4) is 0 Å². The van der Waals surface area contributed by atoms with Gasteiger partial charge in [-0.1, -0.05) is 0 Å². The monoisotopic (exact) mass is 311 g/mol. The summed E-state index contributed by atoms with van der Waals surface area (Å²) in [6.45, 7) is 0. The van der Waals surface area contributed by atoms with Gasteiger partial charge in [-0.15, -0.1) is 5.10 Å². The Kier molecular flexibility index (Phi) is 3.67. The smallest absolute Gasteiger partial charge is 0.283 e. The highest BCUT2D eigenvalue weighted by molar-refractivity contribution is 7.90. The van der Waals surface area contributed by atoms with Crippen molar-refractivity contribution in [3.8, 4) is 0 Å². The van der Waals surface area contributed by atoms with Crippen molar-refractivity contribution in [2.45, 2.75) is 4.90 Å². The molecule has 0 saturated carbocycles. The van der Waals surface area contributed by atoms with E-state index in [1.54, 1.807) is 0 Å². The third kappa shape index (κ3) is 3.20. The Bertz CT molecular complexity index is 799. The van der Waals surface area contributed by atoms with E-state index in [2.05, 4.69) is 20.7 Å². The summed E-state index contributed by atoms with van der Waals surface area (Å²) in [6, 6.07) is 3.04. The molecule has 1 amide bonds. The normalized spacial score (nSPS) is 11.1. The van der Waals surface area contributed by atoms with Crippen LogP contribution in [0.4, 0.5) is 11.5 Å². The molecule has 11 heteroatoms. The minimum absolute atomic E-state index is 0.0847. The molecule has 1 aromatic heterocycles. The van der Waals surface area contributed by atoms with Crippen LogP contribution in [0.15, 0.2) is 29.3 Å². The average Bonchev–Trinajstić information content (AvgIpc) is 2.89. The lowest BCUT2D eigenvalue weighted by Crippen LogP contribution is -2.15. The van der Waals surface area contributed by atoms with Crippen LogP contribution >= 0.6 is 0 Å². The molecule has 0 saturated heterocycles. The number of hydrogen-bond donors (Lipinski definition) is 2. The number of carbonyl (C=O) groups is 1. The molecule has 0 unspecified atom stereocenters. The largest absolute Gasteiger partial charge is 0.304 e. The number of sulfone groups is 1. The number of carbonyl (C=O) groups excluding carboxylic acids is 1. The minimum Gasteiger partial charge on any atom is -0.304 e. The third-order valence-electron chi connectivity index (χ3n) is 2.50. The van der Waals surface area contributed by atoms with Gasteiger partial charge in [-0.2, -0.15) is 10.3 Å². The first-order valence-electron chi connectivity index (χ1n) is 5.44. The zero-order valence-electron chi connectivity index (χ0n) is 10.6. The van der Waals surface area contributed by atoms with E-state index in [0.29, 0.717) is 0 Å². The van der Waals surface area contributed by atoms with E-state index >= 15 is 0 Å². The molecule has 0 bridgehead atoms. The van der Waals surface area contributed by atoms with Gasteiger partial charge in [-0.05, 0) is 12.1 Å². The van der Waals surface area contributed by atoms with Gasteiger partial charge in [0.25, 0.3) is 11.6 Å². The van der Waals surface area contributed by atoms with Gasteiger partial charge >= 0.3 is 0 Å². The van der Waals surface area contributed by atoms with E-state index in [0.717, 1.165) is 24.5 Å². The van der Waals surface area contributed by atoms with E-state index < -0.39 is 26.4 Å². The molecule has 1 heterocycles. The van der Waals surface area contributed by atoms with Crippen LogP contribution in [-0.2, 0) is 9.84 Å². The van der Waals surface area contributed by atoms with Gasteiger partial charge in [-0.3, -0.25) is 14.9 Å². The SMILES string of the molecule is CS(=O)(=O)c1ccc(C(=O)Nc2cn[nH]n2)c([N+](=O)[O-])c1. The number of nitro groups is 1. The van der Waals surface area contributed by atoms with Gasteiger partial charge in [0.1, 0.15) is 5.56 Å². The Hall–Kier alpha value is -2.82. The molecule has 0 fully saturated rings. The molecular weight excluding hydrogens is 302 g/mol. The number of H-pyrrole nitrogens is 1. The third-order valence-corrected chi connectivity index (χ3v) is 3.61. The first-order valence-corrected chi connectivity index (χ1v) is 7.34. The van der Waals surface area contributed by atoms with Crippen LogP contribution in [0.2, 0.25) is 0 Å². The molecule has 0 aliphatic rings. The van der Waals surface area contributed by atoms with Gasteiger partial charge in [0.2, 0.25) is 0 Å². The molecule has 0 atom stereocenters. The number of rotatable bonds is 4. The first-order chi connectivity index (χ1) is 9.79.